The number of hydrogen-bond donors (Lipinski definition) is 1. The van der Waals surface area contributed by atoms with E-state index < -0.39 is 0 Å². The van der Waals surface area contributed by atoms with E-state index in [2.05, 4.69) is 57.5 Å². The maximum absolute atomic E-state index is 13.6. The van der Waals surface area contributed by atoms with E-state index in [1.807, 2.05) is 35.2 Å². The van der Waals surface area contributed by atoms with Crippen LogP contribution in [-0.4, -0.2) is 62.8 Å². The number of rotatable bonds is 4. The monoisotopic (exact) mass is 493 g/mol. The Labute approximate surface area is 217 Å². The molecule has 0 unspecified atom stereocenters. The van der Waals surface area contributed by atoms with Gasteiger partial charge < -0.3 is 19.9 Å². The lowest BCUT2D eigenvalue weighted by atomic mass is 9.98. The first-order valence-electron chi connectivity index (χ1n) is 12.8. The molecule has 0 spiro atoms. The number of carbonyl (C=O) groups excluding carboxylic acids is 1. The molecule has 6 rings (SSSR count). The SMILES string of the molecule is COc1cc2c(cc1N1CCN(C)CC1)N(C(=O)Nc1cccc3c(-c4ccncc4)cccc13)CC2. The molecule has 3 heterocycles. The van der Waals surface area contributed by atoms with Gasteiger partial charge in [0.1, 0.15) is 5.75 Å². The van der Waals surface area contributed by atoms with Crippen molar-refractivity contribution in [2.24, 2.45) is 0 Å². The molecule has 7 nitrogen and oxygen atoms in total. The fourth-order valence-electron chi connectivity index (χ4n) is 5.46. The van der Waals surface area contributed by atoms with Gasteiger partial charge in [-0.1, -0.05) is 30.3 Å². The van der Waals surface area contributed by atoms with Crippen molar-refractivity contribution in [1.82, 2.24) is 9.88 Å². The van der Waals surface area contributed by atoms with Crippen molar-refractivity contribution >= 4 is 33.9 Å². The van der Waals surface area contributed by atoms with Crippen molar-refractivity contribution in [3.05, 3.63) is 78.6 Å². The van der Waals surface area contributed by atoms with E-state index in [1.54, 1.807) is 19.5 Å². The Balaban J connectivity index is 1.30. The number of carbonyl (C=O) groups is 1. The first-order chi connectivity index (χ1) is 18.1. The zero-order chi connectivity index (χ0) is 25.4. The summed E-state index contributed by atoms with van der Waals surface area (Å²) in [6, 6.07) is 20.4. The van der Waals surface area contributed by atoms with Gasteiger partial charge in [-0.05, 0) is 65.9 Å². The van der Waals surface area contributed by atoms with E-state index >= 15 is 0 Å². The molecule has 37 heavy (non-hydrogen) atoms. The van der Waals surface area contributed by atoms with Crippen LogP contribution in [-0.2, 0) is 6.42 Å². The Morgan fingerprint density at radius 1 is 0.892 bits per heavy atom. The summed E-state index contributed by atoms with van der Waals surface area (Å²) in [5, 5.41) is 5.31. The van der Waals surface area contributed by atoms with Gasteiger partial charge in [0.25, 0.3) is 0 Å². The van der Waals surface area contributed by atoms with Crippen molar-refractivity contribution in [2.45, 2.75) is 6.42 Å². The maximum atomic E-state index is 13.6. The topological polar surface area (TPSA) is 60.9 Å². The minimum absolute atomic E-state index is 0.116. The number of ether oxygens (including phenoxy) is 1. The number of hydrogen-bond acceptors (Lipinski definition) is 5. The van der Waals surface area contributed by atoms with E-state index in [-0.39, 0.29) is 6.03 Å². The Hall–Kier alpha value is -4.10. The number of amides is 2. The smallest absolute Gasteiger partial charge is 0.326 e. The second-order valence-electron chi connectivity index (χ2n) is 9.72. The first-order valence-corrected chi connectivity index (χ1v) is 12.8. The highest BCUT2D eigenvalue weighted by Crippen LogP contribution is 2.40. The number of fused-ring (bicyclic) bond motifs is 2. The third kappa shape index (κ3) is 4.36. The van der Waals surface area contributed by atoms with E-state index in [9.17, 15) is 4.79 Å². The normalized spacial score (nSPS) is 15.6. The molecule has 1 fully saturated rings. The van der Waals surface area contributed by atoms with Gasteiger partial charge in [0, 0.05) is 50.5 Å². The highest BCUT2D eigenvalue weighted by atomic mass is 16.5. The summed E-state index contributed by atoms with van der Waals surface area (Å²) in [6.45, 7) is 4.53. The van der Waals surface area contributed by atoms with Gasteiger partial charge in [-0.3, -0.25) is 9.88 Å². The zero-order valence-electron chi connectivity index (χ0n) is 21.3. The molecular formula is C30H31N5O2. The quantitative estimate of drug-likeness (QED) is 0.420. The minimum atomic E-state index is -0.116. The molecule has 1 saturated heterocycles. The molecule has 7 heteroatoms. The molecule has 2 amide bonds. The van der Waals surface area contributed by atoms with Gasteiger partial charge in [0.05, 0.1) is 24.2 Å². The Morgan fingerprint density at radius 2 is 1.65 bits per heavy atom. The lowest BCUT2D eigenvalue weighted by Gasteiger charge is -2.35. The van der Waals surface area contributed by atoms with Crippen LogP contribution < -0.4 is 19.9 Å². The second kappa shape index (κ2) is 9.75. The summed E-state index contributed by atoms with van der Waals surface area (Å²) in [6.07, 6.45) is 4.41. The maximum Gasteiger partial charge on any atom is 0.326 e. The fraction of sp³-hybridized carbons (Fsp3) is 0.267. The van der Waals surface area contributed by atoms with E-state index in [0.717, 1.165) is 82.9 Å². The van der Waals surface area contributed by atoms with Crippen LogP contribution >= 0.6 is 0 Å². The van der Waals surface area contributed by atoms with Gasteiger partial charge in [0.15, 0.2) is 0 Å². The van der Waals surface area contributed by atoms with Gasteiger partial charge in [-0.2, -0.15) is 0 Å². The molecule has 188 valence electrons. The molecule has 0 aliphatic carbocycles. The lowest BCUT2D eigenvalue weighted by molar-refractivity contribution is 0.257. The van der Waals surface area contributed by atoms with Crippen LogP contribution in [0.15, 0.2) is 73.1 Å². The number of pyridine rings is 1. The average molecular weight is 494 g/mol. The number of urea groups is 1. The van der Waals surface area contributed by atoms with Crippen LogP contribution in [0.25, 0.3) is 21.9 Å². The number of aromatic nitrogens is 1. The molecule has 1 N–H and O–H groups in total. The number of nitrogens with one attached hydrogen (secondary N) is 1. The van der Waals surface area contributed by atoms with E-state index in [0.29, 0.717) is 6.54 Å². The Bertz CT molecular complexity index is 1450. The van der Waals surface area contributed by atoms with Crippen molar-refractivity contribution in [3.8, 4) is 16.9 Å². The molecule has 2 aliphatic rings. The third-order valence-corrected chi connectivity index (χ3v) is 7.52. The number of benzene rings is 3. The summed E-state index contributed by atoms with van der Waals surface area (Å²) in [7, 11) is 3.87. The van der Waals surface area contributed by atoms with Crippen LogP contribution in [0, 0.1) is 0 Å². The summed E-state index contributed by atoms with van der Waals surface area (Å²) in [5.41, 5.74) is 6.18. The van der Waals surface area contributed by atoms with Gasteiger partial charge in [-0.25, -0.2) is 4.79 Å². The molecule has 3 aromatic carbocycles. The number of anilines is 3. The summed E-state index contributed by atoms with van der Waals surface area (Å²) >= 11 is 0. The molecule has 0 atom stereocenters. The molecule has 0 saturated carbocycles. The predicted molar refractivity (Wildman–Crippen MR) is 150 cm³/mol. The zero-order valence-corrected chi connectivity index (χ0v) is 21.3. The van der Waals surface area contributed by atoms with Crippen LogP contribution in [0.3, 0.4) is 0 Å². The molecule has 4 aromatic rings. The van der Waals surface area contributed by atoms with Crippen molar-refractivity contribution in [2.75, 3.05) is 62.0 Å². The average Bonchev–Trinajstić information content (AvgIpc) is 3.36. The van der Waals surface area contributed by atoms with Crippen molar-refractivity contribution < 1.29 is 9.53 Å². The van der Waals surface area contributed by atoms with Gasteiger partial charge in [-0.15, -0.1) is 0 Å². The van der Waals surface area contributed by atoms with Crippen molar-refractivity contribution in [3.63, 3.8) is 0 Å². The highest BCUT2D eigenvalue weighted by molar-refractivity contribution is 6.10. The largest absolute Gasteiger partial charge is 0.495 e. The summed E-state index contributed by atoms with van der Waals surface area (Å²) < 4.78 is 5.76. The molecule has 1 aromatic heterocycles. The van der Waals surface area contributed by atoms with Crippen molar-refractivity contribution in [1.29, 1.82) is 0 Å². The number of nitrogens with zero attached hydrogens (tertiary/aromatic N) is 4. The van der Waals surface area contributed by atoms with Gasteiger partial charge in [0.2, 0.25) is 0 Å². The summed E-state index contributed by atoms with van der Waals surface area (Å²) in [5.74, 6) is 0.878. The van der Waals surface area contributed by atoms with E-state index in [4.69, 9.17) is 4.74 Å². The molecule has 0 bridgehead atoms. The standard InChI is InChI=1S/C30H31N5O2/c1-33-15-17-34(18-16-33)28-20-27-22(19-29(28)37-2)11-14-35(27)30(36)32-26-8-4-6-24-23(5-3-7-25(24)26)21-9-12-31-13-10-21/h3-10,12-13,19-20H,11,14-18H2,1-2H3,(H,32,36). The highest BCUT2D eigenvalue weighted by Gasteiger charge is 2.29. The Morgan fingerprint density at radius 3 is 2.43 bits per heavy atom. The fourth-order valence-corrected chi connectivity index (χ4v) is 5.46. The second-order valence-corrected chi connectivity index (χ2v) is 9.72. The molecular weight excluding hydrogens is 462 g/mol. The Kier molecular flexibility index (Phi) is 6.14. The third-order valence-electron chi connectivity index (χ3n) is 7.52. The van der Waals surface area contributed by atoms with Crippen LogP contribution in [0.1, 0.15) is 5.56 Å². The van der Waals surface area contributed by atoms with E-state index in [1.165, 1.54) is 0 Å². The van der Waals surface area contributed by atoms with Gasteiger partial charge >= 0.3 is 6.03 Å². The first kappa shape index (κ1) is 23.3. The number of methoxy groups -OCH3 is 1. The van der Waals surface area contributed by atoms with Crippen LogP contribution in [0.2, 0.25) is 0 Å². The van der Waals surface area contributed by atoms with Crippen LogP contribution in [0.5, 0.6) is 5.75 Å². The molecule has 2 aliphatic heterocycles. The number of likely N-dealkylation sites (N-methyl/N-ethyl adjacent to an activating group) is 1. The summed E-state index contributed by atoms with van der Waals surface area (Å²) in [4.78, 5) is 24.3. The number of piperazine rings is 1. The predicted octanol–water partition coefficient (Wildman–Crippen LogP) is 5.26. The minimum Gasteiger partial charge on any atom is -0.495 e. The lowest BCUT2D eigenvalue weighted by Crippen LogP contribution is -2.44. The van der Waals surface area contributed by atoms with Crippen LogP contribution in [0.4, 0.5) is 21.9 Å². The molecule has 0 radical (unpaired) electrons.